The van der Waals surface area contributed by atoms with E-state index in [-0.39, 0.29) is 12.7 Å². The van der Waals surface area contributed by atoms with Crippen molar-refractivity contribution in [3.05, 3.63) is 48.0 Å². The average Bonchev–Trinajstić information content (AvgIpc) is 3.01. The SMILES string of the molecule is CN(c1ccccc1NC(=O)c1ccc2c(c1)OCO2)S(C)(=O)=O. The second-order valence-corrected chi connectivity index (χ2v) is 7.28. The summed E-state index contributed by atoms with van der Waals surface area (Å²) in [6, 6.07) is 11.5. The molecule has 1 amide bonds. The summed E-state index contributed by atoms with van der Waals surface area (Å²) in [7, 11) is -2.01. The minimum Gasteiger partial charge on any atom is -0.454 e. The molecule has 0 atom stereocenters. The Hall–Kier alpha value is -2.74. The summed E-state index contributed by atoms with van der Waals surface area (Å²) in [5.41, 5.74) is 1.17. The van der Waals surface area contributed by atoms with E-state index in [1.165, 1.54) is 7.05 Å². The second kappa shape index (κ2) is 6.04. The lowest BCUT2D eigenvalue weighted by Crippen LogP contribution is -2.26. The Kier molecular flexibility index (Phi) is 4.06. The number of carbonyl (C=O) groups is 1. The molecule has 1 aliphatic heterocycles. The van der Waals surface area contributed by atoms with Gasteiger partial charge in [-0.1, -0.05) is 12.1 Å². The van der Waals surface area contributed by atoms with Gasteiger partial charge in [0.15, 0.2) is 11.5 Å². The number of nitrogens with zero attached hydrogens (tertiary/aromatic N) is 1. The molecule has 0 saturated heterocycles. The fourth-order valence-electron chi connectivity index (χ4n) is 2.26. The molecular weight excluding hydrogens is 332 g/mol. The fourth-order valence-corrected chi connectivity index (χ4v) is 2.78. The van der Waals surface area contributed by atoms with Crippen molar-refractivity contribution in [3.8, 4) is 11.5 Å². The number of anilines is 2. The van der Waals surface area contributed by atoms with Crippen LogP contribution in [-0.2, 0) is 10.0 Å². The standard InChI is InChI=1S/C16H16N2O5S/c1-18(24(2,20)21)13-6-4-3-5-12(13)17-16(19)11-7-8-14-15(9-11)23-10-22-14/h3-9H,10H2,1-2H3,(H,17,19). The second-order valence-electron chi connectivity index (χ2n) is 5.27. The lowest BCUT2D eigenvalue weighted by Gasteiger charge is -2.20. The predicted octanol–water partition coefficient (Wildman–Crippen LogP) is 2.06. The minimum atomic E-state index is -3.44. The molecule has 0 spiro atoms. The van der Waals surface area contributed by atoms with Crippen molar-refractivity contribution >= 4 is 27.3 Å². The smallest absolute Gasteiger partial charge is 0.255 e. The van der Waals surface area contributed by atoms with Crippen molar-refractivity contribution in [3.63, 3.8) is 0 Å². The van der Waals surface area contributed by atoms with Crippen molar-refractivity contribution in [2.75, 3.05) is 29.7 Å². The number of fused-ring (bicyclic) bond motifs is 1. The van der Waals surface area contributed by atoms with Gasteiger partial charge in [0.25, 0.3) is 5.91 Å². The molecule has 0 bridgehead atoms. The largest absolute Gasteiger partial charge is 0.454 e. The number of carbonyl (C=O) groups excluding carboxylic acids is 1. The summed E-state index contributed by atoms with van der Waals surface area (Å²) in [6.45, 7) is 0.127. The van der Waals surface area contributed by atoms with E-state index in [1.54, 1.807) is 42.5 Å². The first-order chi connectivity index (χ1) is 11.4. The number of nitrogens with one attached hydrogen (secondary N) is 1. The molecule has 0 saturated carbocycles. The normalized spacial score (nSPS) is 12.8. The van der Waals surface area contributed by atoms with Crippen LogP contribution in [-0.4, -0.2) is 34.4 Å². The molecule has 7 nitrogen and oxygen atoms in total. The van der Waals surface area contributed by atoms with Gasteiger partial charge in [-0.15, -0.1) is 0 Å². The van der Waals surface area contributed by atoms with Crippen LogP contribution >= 0.6 is 0 Å². The van der Waals surface area contributed by atoms with Gasteiger partial charge in [-0.05, 0) is 30.3 Å². The van der Waals surface area contributed by atoms with Crippen molar-refractivity contribution in [2.24, 2.45) is 0 Å². The summed E-state index contributed by atoms with van der Waals surface area (Å²) >= 11 is 0. The molecule has 0 unspecified atom stereocenters. The monoisotopic (exact) mass is 348 g/mol. The van der Waals surface area contributed by atoms with Crippen LogP contribution in [0, 0.1) is 0 Å². The van der Waals surface area contributed by atoms with E-state index >= 15 is 0 Å². The molecular formula is C16H16N2O5S. The van der Waals surface area contributed by atoms with Gasteiger partial charge >= 0.3 is 0 Å². The van der Waals surface area contributed by atoms with Crippen molar-refractivity contribution in [1.29, 1.82) is 0 Å². The Morgan fingerprint density at radius 1 is 1.12 bits per heavy atom. The maximum atomic E-state index is 12.5. The van der Waals surface area contributed by atoms with E-state index in [0.717, 1.165) is 10.6 Å². The zero-order valence-electron chi connectivity index (χ0n) is 13.1. The van der Waals surface area contributed by atoms with Crippen molar-refractivity contribution in [1.82, 2.24) is 0 Å². The maximum Gasteiger partial charge on any atom is 0.255 e. The number of ether oxygens (including phenoxy) is 2. The highest BCUT2D eigenvalue weighted by Crippen LogP contribution is 2.33. The molecule has 3 rings (SSSR count). The van der Waals surface area contributed by atoms with E-state index in [2.05, 4.69) is 5.32 Å². The van der Waals surface area contributed by atoms with Crippen molar-refractivity contribution in [2.45, 2.75) is 0 Å². The number of amides is 1. The van der Waals surface area contributed by atoms with E-state index in [4.69, 9.17) is 9.47 Å². The zero-order valence-corrected chi connectivity index (χ0v) is 14.0. The highest BCUT2D eigenvalue weighted by Gasteiger charge is 2.19. The third kappa shape index (κ3) is 3.13. The third-order valence-electron chi connectivity index (χ3n) is 3.62. The van der Waals surface area contributed by atoms with Gasteiger partial charge in [0.05, 0.1) is 17.6 Å². The van der Waals surface area contributed by atoms with E-state index < -0.39 is 10.0 Å². The maximum absolute atomic E-state index is 12.5. The van der Waals surface area contributed by atoms with E-state index in [1.807, 2.05) is 0 Å². The molecule has 2 aromatic rings. The van der Waals surface area contributed by atoms with Crippen LogP contribution in [0.4, 0.5) is 11.4 Å². The van der Waals surface area contributed by atoms with Gasteiger partial charge in [-0.25, -0.2) is 8.42 Å². The van der Waals surface area contributed by atoms with E-state index in [0.29, 0.717) is 28.4 Å². The molecule has 1 heterocycles. The van der Waals surface area contributed by atoms with Crippen LogP contribution < -0.4 is 19.1 Å². The van der Waals surface area contributed by atoms with Gasteiger partial charge < -0.3 is 14.8 Å². The van der Waals surface area contributed by atoms with E-state index in [9.17, 15) is 13.2 Å². The molecule has 0 radical (unpaired) electrons. The molecule has 0 aromatic heterocycles. The summed E-state index contributed by atoms with van der Waals surface area (Å²) in [6.07, 6.45) is 1.10. The number of sulfonamides is 1. The summed E-state index contributed by atoms with van der Waals surface area (Å²) < 4.78 is 35.1. The quantitative estimate of drug-likeness (QED) is 0.914. The summed E-state index contributed by atoms with van der Waals surface area (Å²) in [5, 5.41) is 2.73. The number of hydrogen-bond donors (Lipinski definition) is 1. The Morgan fingerprint density at radius 3 is 2.58 bits per heavy atom. The zero-order chi connectivity index (χ0) is 17.3. The van der Waals surface area contributed by atoms with Crippen LogP contribution in [0.15, 0.2) is 42.5 Å². The molecule has 24 heavy (non-hydrogen) atoms. The summed E-state index contributed by atoms with van der Waals surface area (Å²) in [5.74, 6) is 0.718. The van der Waals surface area contributed by atoms with Gasteiger partial charge in [0.2, 0.25) is 16.8 Å². The lowest BCUT2D eigenvalue weighted by molar-refractivity contribution is 0.102. The highest BCUT2D eigenvalue weighted by atomic mass is 32.2. The highest BCUT2D eigenvalue weighted by molar-refractivity contribution is 7.92. The molecule has 1 aliphatic rings. The lowest BCUT2D eigenvalue weighted by atomic mass is 10.1. The van der Waals surface area contributed by atoms with Gasteiger partial charge in [0, 0.05) is 12.6 Å². The molecule has 0 aliphatic carbocycles. The molecule has 1 N–H and O–H groups in total. The van der Waals surface area contributed by atoms with Crippen LogP contribution in [0.2, 0.25) is 0 Å². The first-order valence-corrected chi connectivity index (χ1v) is 8.95. The van der Waals surface area contributed by atoms with Crippen molar-refractivity contribution < 1.29 is 22.7 Å². The number of rotatable bonds is 4. The molecule has 126 valence electrons. The van der Waals surface area contributed by atoms with Crippen LogP contribution in [0.3, 0.4) is 0 Å². The first kappa shape index (κ1) is 16.1. The molecule has 2 aromatic carbocycles. The molecule has 0 fully saturated rings. The number of hydrogen-bond acceptors (Lipinski definition) is 5. The van der Waals surface area contributed by atoms with Gasteiger partial charge in [-0.2, -0.15) is 0 Å². The first-order valence-electron chi connectivity index (χ1n) is 7.10. The Morgan fingerprint density at radius 2 is 1.83 bits per heavy atom. The molecule has 8 heteroatoms. The Bertz CT molecular complexity index is 895. The van der Waals surface area contributed by atoms with Gasteiger partial charge in [0.1, 0.15) is 0 Å². The Balaban J connectivity index is 1.88. The Labute approximate surface area is 139 Å². The summed E-state index contributed by atoms with van der Waals surface area (Å²) in [4.78, 5) is 12.5. The van der Waals surface area contributed by atoms with Crippen LogP contribution in [0.1, 0.15) is 10.4 Å². The van der Waals surface area contributed by atoms with Crippen LogP contribution in [0.25, 0.3) is 0 Å². The fraction of sp³-hybridized carbons (Fsp3) is 0.188. The topological polar surface area (TPSA) is 84.9 Å². The average molecular weight is 348 g/mol. The number of benzene rings is 2. The minimum absolute atomic E-state index is 0.127. The number of para-hydroxylation sites is 2. The van der Waals surface area contributed by atoms with Gasteiger partial charge in [-0.3, -0.25) is 9.10 Å². The van der Waals surface area contributed by atoms with Crippen LogP contribution in [0.5, 0.6) is 11.5 Å². The predicted molar refractivity (Wildman–Crippen MR) is 90.2 cm³/mol. The third-order valence-corrected chi connectivity index (χ3v) is 4.82.